The van der Waals surface area contributed by atoms with Gasteiger partial charge in [0, 0.05) is 12.6 Å². The number of hydrogen-bond acceptors (Lipinski definition) is 6. The largest absolute Gasteiger partial charge is 0.382 e. The Kier molecular flexibility index (Phi) is 3.49. The number of nitrogens with two attached hydrogens (primary N) is 2. The Morgan fingerprint density at radius 3 is 3.06 bits per heavy atom. The Hall–Kier alpha value is -1.34. The summed E-state index contributed by atoms with van der Waals surface area (Å²) in [5.74, 6) is -0.316. The van der Waals surface area contributed by atoms with E-state index < -0.39 is 5.91 Å². The molecule has 2 heterocycles. The minimum absolute atomic E-state index is 0.213. The van der Waals surface area contributed by atoms with Crippen LogP contribution in [0.25, 0.3) is 0 Å². The SMILES string of the molecule is CN1CCCC1CNc1snc(N)c1C(N)=O. The van der Waals surface area contributed by atoms with Crippen molar-refractivity contribution in [3.63, 3.8) is 0 Å². The van der Waals surface area contributed by atoms with E-state index in [1.54, 1.807) is 0 Å². The number of carbonyl (C=O) groups excluding carboxylic acids is 1. The molecule has 0 radical (unpaired) electrons. The van der Waals surface area contributed by atoms with Crippen molar-refractivity contribution in [3.05, 3.63) is 5.56 Å². The molecule has 1 aliphatic heterocycles. The van der Waals surface area contributed by atoms with Crippen LogP contribution in [0.5, 0.6) is 0 Å². The van der Waals surface area contributed by atoms with Gasteiger partial charge in [-0.15, -0.1) is 0 Å². The summed E-state index contributed by atoms with van der Waals surface area (Å²) in [6, 6.07) is 0.499. The maximum Gasteiger partial charge on any atom is 0.255 e. The predicted octanol–water partition coefficient (Wildman–Crippen LogP) is 0.330. The van der Waals surface area contributed by atoms with Crippen LogP contribution in [0.2, 0.25) is 0 Å². The van der Waals surface area contributed by atoms with Crippen molar-refractivity contribution in [2.75, 3.05) is 31.2 Å². The molecule has 0 bridgehead atoms. The molecule has 2 rings (SSSR count). The van der Waals surface area contributed by atoms with Gasteiger partial charge in [0.1, 0.15) is 10.6 Å². The number of nitrogens with zero attached hydrogens (tertiary/aromatic N) is 2. The summed E-state index contributed by atoms with van der Waals surface area (Å²) in [5, 5.41) is 3.90. The first kappa shape index (κ1) is 12.1. The molecule has 17 heavy (non-hydrogen) atoms. The molecule has 1 atom stereocenters. The summed E-state index contributed by atoms with van der Waals surface area (Å²) in [6.45, 7) is 1.91. The van der Waals surface area contributed by atoms with Crippen LogP contribution in [0.15, 0.2) is 0 Å². The highest BCUT2D eigenvalue weighted by molar-refractivity contribution is 7.11. The second kappa shape index (κ2) is 4.89. The Morgan fingerprint density at radius 2 is 2.47 bits per heavy atom. The molecule has 0 aromatic carbocycles. The number of rotatable bonds is 4. The highest BCUT2D eigenvalue weighted by atomic mass is 32.1. The monoisotopic (exact) mass is 255 g/mol. The van der Waals surface area contributed by atoms with E-state index >= 15 is 0 Å². The number of carbonyl (C=O) groups is 1. The number of aromatic nitrogens is 1. The maximum absolute atomic E-state index is 11.2. The van der Waals surface area contributed by atoms with Crippen molar-refractivity contribution >= 4 is 28.3 Å². The summed E-state index contributed by atoms with van der Waals surface area (Å²) >= 11 is 1.18. The number of anilines is 2. The van der Waals surface area contributed by atoms with E-state index in [-0.39, 0.29) is 5.82 Å². The zero-order valence-corrected chi connectivity index (χ0v) is 10.6. The number of nitrogens with one attached hydrogen (secondary N) is 1. The number of likely N-dealkylation sites (N-methyl/N-ethyl adjacent to an activating group) is 1. The van der Waals surface area contributed by atoms with E-state index in [1.165, 1.54) is 24.4 Å². The molecule has 0 saturated carbocycles. The predicted molar refractivity (Wildman–Crippen MR) is 69.2 cm³/mol. The summed E-state index contributed by atoms with van der Waals surface area (Å²) in [4.78, 5) is 13.5. The Bertz CT molecular complexity index is 419. The van der Waals surface area contributed by atoms with Gasteiger partial charge in [0.05, 0.1) is 0 Å². The molecular weight excluding hydrogens is 238 g/mol. The first-order chi connectivity index (χ1) is 8.09. The molecule has 1 aliphatic rings. The Morgan fingerprint density at radius 1 is 1.71 bits per heavy atom. The number of nitrogen functional groups attached to an aromatic ring is 1. The number of hydrogen-bond donors (Lipinski definition) is 3. The fourth-order valence-electron chi connectivity index (χ4n) is 2.11. The zero-order valence-electron chi connectivity index (χ0n) is 9.77. The second-order valence-electron chi connectivity index (χ2n) is 4.29. The van der Waals surface area contributed by atoms with Gasteiger partial charge >= 0.3 is 0 Å². The molecule has 1 fully saturated rings. The number of likely N-dealkylation sites (tertiary alicyclic amines) is 1. The van der Waals surface area contributed by atoms with Crippen LogP contribution in [-0.2, 0) is 0 Å². The average Bonchev–Trinajstić information content (AvgIpc) is 2.82. The lowest BCUT2D eigenvalue weighted by Crippen LogP contribution is -2.31. The molecule has 6 nitrogen and oxygen atoms in total. The van der Waals surface area contributed by atoms with E-state index in [4.69, 9.17) is 11.5 Å². The topological polar surface area (TPSA) is 97.3 Å². The third-order valence-electron chi connectivity index (χ3n) is 3.13. The molecule has 94 valence electrons. The van der Waals surface area contributed by atoms with Crippen molar-refractivity contribution in [1.82, 2.24) is 9.27 Å². The number of amides is 1. The van der Waals surface area contributed by atoms with E-state index in [0.717, 1.165) is 13.1 Å². The smallest absolute Gasteiger partial charge is 0.255 e. The highest BCUT2D eigenvalue weighted by Gasteiger charge is 2.22. The maximum atomic E-state index is 11.2. The van der Waals surface area contributed by atoms with Crippen LogP contribution in [-0.4, -0.2) is 41.4 Å². The van der Waals surface area contributed by atoms with Gasteiger partial charge in [-0.25, -0.2) is 0 Å². The fraction of sp³-hybridized carbons (Fsp3) is 0.600. The van der Waals surface area contributed by atoms with Gasteiger partial charge < -0.3 is 21.7 Å². The summed E-state index contributed by atoms with van der Waals surface area (Å²) in [6.07, 6.45) is 2.39. The van der Waals surface area contributed by atoms with Gasteiger partial charge in [-0.2, -0.15) is 4.37 Å². The van der Waals surface area contributed by atoms with Crippen LogP contribution in [0.1, 0.15) is 23.2 Å². The molecule has 5 N–H and O–H groups in total. The molecule has 1 amide bonds. The average molecular weight is 255 g/mol. The normalized spacial score (nSPS) is 20.6. The first-order valence-corrected chi connectivity index (χ1v) is 6.36. The molecule has 0 spiro atoms. The third-order valence-corrected chi connectivity index (χ3v) is 3.95. The van der Waals surface area contributed by atoms with Crippen molar-refractivity contribution < 1.29 is 4.79 Å². The van der Waals surface area contributed by atoms with Crippen molar-refractivity contribution in [1.29, 1.82) is 0 Å². The van der Waals surface area contributed by atoms with Crippen LogP contribution in [0.3, 0.4) is 0 Å². The van der Waals surface area contributed by atoms with Crippen molar-refractivity contribution in [3.8, 4) is 0 Å². The van der Waals surface area contributed by atoms with E-state index in [1.807, 2.05) is 0 Å². The van der Waals surface area contributed by atoms with E-state index in [9.17, 15) is 4.79 Å². The van der Waals surface area contributed by atoms with E-state index in [0.29, 0.717) is 16.6 Å². The summed E-state index contributed by atoms with van der Waals surface area (Å²) < 4.78 is 3.94. The lowest BCUT2D eigenvalue weighted by molar-refractivity contribution is 0.100. The lowest BCUT2D eigenvalue weighted by Gasteiger charge is -2.19. The quantitative estimate of drug-likeness (QED) is 0.720. The standard InChI is InChI=1S/C10H17N5OS/c1-15-4-2-3-6(15)5-13-10-7(9(12)16)8(11)14-17-10/h6,13H,2-5H2,1H3,(H2,11,14)(H2,12,16). The van der Waals surface area contributed by atoms with Gasteiger partial charge in [-0.3, -0.25) is 4.79 Å². The lowest BCUT2D eigenvalue weighted by atomic mass is 10.2. The Labute approximate surface area is 104 Å². The molecule has 1 saturated heterocycles. The molecule has 1 aromatic rings. The summed E-state index contributed by atoms with van der Waals surface area (Å²) in [5.41, 5.74) is 11.2. The molecule has 7 heteroatoms. The van der Waals surface area contributed by atoms with Crippen molar-refractivity contribution in [2.24, 2.45) is 5.73 Å². The highest BCUT2D eigenvalue weighted by Crippen LogP contribution is 2.26. The van der Waals surface area contributed by atoms with Crippen LogP contribution in [0.4, 0.5) is 10.8 Å². The van der Waals surface area contributed by atoms with Crippen LogP contribution in [0, 0.1) is 0 Å². The van der Waals surface area contributed by atoms with Gasteiger partial charge in [0.2, 0.25) is 0 Å². The minimum atomic E-state index is -0.529. The minimum Gasteiger partial charge on any atom is -0.382 e. The molecule has 1 unspecified atom stereocenters. The second-order valence-corrected chi connectivity index (χ2v) is 5.07. The van der Waals surface area contributed by atoms with Gasteiger partial charge in [0.15, 0.2) is 5.82 Å². The third kappa shape index (κ3) is 2.50. The zero-order chi connectivity index (χ0) is 12.4. The van der Waals surface area contributed by atoms with E-state index in [2.05, 4.69) is 21.6 Å². The molecule has 0 aliphatic carbocycles. The van der Waals surface area contributed by atoms with Crippen LogP contribution < -0.4 is 16.8 Å². The fourth-order valence-corrected chi connectivity index (χ4v) is 2.83. The van der Waals surface area contributed by atoms with Crippen molar-refractivity contribution in [2.45, 2.75) is 18.9 Å². The number of primary amides is 1. The van der Waals surface area contributed by atoms with Crippen LogP contribution >= 0.6 is 11.5 Å². The Balaban J connectivity index is 2.01. The van der Waals surface area contributed by atoms with Gasteiger partial charge in [-0.1, -0.05) is 0 Å². The molecule has 1 aromatic heterocycles. The molecular formula is C10H17N5OS. The summed E-state index contributed by atoms with van der Waals surface area (Å²) in [7, 11) is 2.11. The first-order valence-electron chi connectivity index (χ1n) is 5.58. The van der Waals surface area contributed by atoms with Gasteiger partial charge in [0.25, 0.3) is 5.91 Å². The van der Waals surface area contributed by atoms with Gasteiger partial charge in [-0.05, 0) is 38.0 Å².